The van der Waals surface area contributed by atoms with Crippen LogP contribution in [0.4, 0.5) is 0 Å². The first-order valence-electron chi connectivity index (χ1n) is 5.36. The van der Waals surface area contributed by atoms with E-state index in [9.17, 15) is 14.7 Å². The van der Waals surface area contributed by atoms with Crippen LogP contribution in [0.15, 0.2) is 25.9 Å². The maximum absolute atomic E-state index is 11.8. The van der Waals surface area contributed by atoms with Crippen LogP contribution in [0.3, 0.4) is 0 Å². The van der Waals surface area contributed by atoms with Gasteiger partial charge in [0.25, 0.3) is 5.56 Å². The predicted octanol–water partition coefficient (Wildman–Crippen LogP) is 2.94. The van der Waals surface area contributed by atoms with E-state index in [-0.39, 0.29) is 6.61 Å². The summed E-state index contributed by atoms with van der Waals surface area (Å²) in [7, 11) is 0. The summed E-state index contributed by atoms with van der Waals surface area (Å²) in [6.45, 7) is 1.74. The number of H-pyrrole nitrogens is 1. The maximum atomic E-state index is 11.8. The second kappa shape index (κ2) is 5.34. The highest BCUT2D eigenvalue weighted by Crippen LogP contribution is 2.34. The Morgan fingerprint density at radius 2 is 2.11 bits per heavy atom. The number of aromatic amines is 1. The van der Waals surface area contributed by atoms with Gasteiger partial charge in [0, 0.05) is 8.95 Å². The standard InChI is InChI=1S/C12H9Br2NO4/c1-2-19-12(18)9-10(16)8-6(14)3-5(13)4-7(8)15-11(9)17/h3-4H,2H2,1H3,(H2,15,16,17). The van der Waals surface area contributed by atoms with Crippen LogP contribution in [-0.4, -0.2) is 22.7 Å². The molecule has 2 N–H and O–H groups in total. The summed E-state index contributed by atoms with van der Waals surface area (Å²) in [5.74, 6) is -1.24. The van der Waals surface area contributed by atoms with Gasteiger partial charge in [-0.3, -0.25) is 4.79 Å². The third kappa shape index (κ3) is 2.52. The molecule has 0 spiro atoms. The summed E-state index contributed by atoms with van der Waals surface area (Å²) >= 11 is 6.56. The van der Waals surface area contributed by atoms with Gasteiger partial charge in [0.15, 0.2) is 5.56 Å². The molecule has 7 heteroatoms. The first kappa shape index (κ1) is 14.1. The van der Waals surface area contributed by atoms with E-state index in [1.807, 2.05) is 0 Å². The zero-order chi connectivity index (χ0) is 14.2. The smallest absolute Gasteiger partial charge is 0.347 e. The van der Waals surface area contributed by atoms with Crippen LogP contribution in [0.1, 0.15) is 17.3 Å². The lowest BCUT2D eigenvalue weighted by Crippen LogP contribution is -2.20. The molecule has 1 aromatic heterocycles. The van der Waals surface area contributed by atoms with Crippen LogP contribution in [-0.2, 0) is 4.74 Å². The topological polar surface area (TPSA) is 79.4 Å². The lowest BCUT2D eigenvalue weighted by Gasteiger charge is -2.08. The summed E-state index contributed by atoms with van der Waals surface area (Å²) in [5, 5.41) is 10.5. The highest BCUT2D eigenvalue weighted by atomic mass is 79.9. The van der Waals surface area contributed by atoms with Crippen LogP contribution >= 0.6 is 31.9 Å². The lowest BCUT2D eigenvalue weighted by molar-refractivity contribution is 0.0521. The molecule has 0 amide bonds. The number of aromatic nitrogens is 1. The molecule has 0 atom stereocenters. The molecule has 0 aliphatic carbocycles. The molecule has 0 saturated carbocycles. The highest BCUT2D eigenvalue weighted by Gasteiger charge is 2.21. The molecule has 0 aliphatic rings. The van der Waals surface area contributed by atoms with E-state index in [1.165, 1.54) is 0 Å². The molecule has 0 unspecified atom stereocenters. The monoisotopic (exact) mass is 389 g/mol. The number of nitrogens with one attached hydrogen (secondary N) is 1. The highest BCUT2D eigenvalue weighted by molar-refractivity contribution is 9.11. The minimum atomic E-state index is -0.849. The van der Waals surface area contributed by atoms with Crippen molar-refractivity contribution >= 4 is 48.7 Å². The largest absolute Gasteiger partial charge is 0.506 e. The van der Waals surface area contributed by atoms with Crippen LogP contribution in [0.25, 0.3) is 10.9 Å². The van der Waals surface area contributed by atoms with Gasteiger partial charge in [0.05, 0.1) is 17.5 Å². The molecule has 0 fully saturated rings. The van der Waals surface area contributed by atoms with Gasteiger partial charge in [0.2, 0.25) is 0 Å². The van der Waals surface area contributed by atoms with Gasteiger partial charge in [-0.2, -0.15) is 0 Å². The maximum Gasteiger partial charge on any atom is 0.347 e. The van der Waals surface area contributed by atoms with Crippen LogP contribution in [0, 0.1) is 0 Å². The fourth-order valence-electron chi connectivity index (χ4n) is 1.72. The number of rotatable bonds is 2. The van der Waals surface area contributed by atoms with Gasteiger partial charge in [-0.1, -0.05) is 15.9 Å². The summed E-state index contributed by atoms with van der Waals surface area (Å²) in [5.41, 5.74) is -0.664. The number of fused-ring (bicyclic) bond motifs is 1. The Morgan fingerprint density at radius 3 is 2.74 bits per heavy atom. The molecule has 0 radical (unpaired) electrons. The normalized spacial score (nSPS) is 10.7. The summed E-state index contributed by atoms with van der Waals surface area (Å²) in [4.78, 5) is 26.1. The summed E-state index contributed by atoms with van der Waals surface area (Å²) in [6, 6.07) is 3.34. The Bertz CT molecular complexity index is 724. The number of carbonyl (C=O) groups excluding carboxylic acids is 1. The quantitative estimate of drug-likeness (QED) is 0.772. The van der Waals surface area contributed by atoms with E-state index < -0.39 is 22.8 Å². The number of aromatic hydroxyl groups is 1. The number of hydrogen-bond donors (Lipinski definition) is 2. The van der Waals surface area contributed by atoms with Gasteiger partial charge < -0.3 is 14.8 Å². The Hall–Kier alpha value is -1.34. The third-order valence-corrected chi connectivity index (χ3v) is 3.57. The average molecular weight is 391 g/mol. The number of hydrogen-bond acceptors (Lipinski definition) is 4. The van der Waals surface area contributed by atoms with Gasteiger partial charge in [-0.05, 0) is 35.0 Å². The molecule has 0 aliphatic heterocycles. The van der Waals surface area contributed by atoms with Crippen molar-refractivity contribution < 1.29 is 14.6 Å². The predicted molar refractivity (Wildman–Crippen MR) is 77.6 cm³/mol. The first-order valence-corrected chi connectivity index (χ1v) is 6.95. The number of esters is 1. The summed E-state index contributed by atoms with van der Waals surface area (Å²) in [6.07, 6.45) is 0. The molecule has 19 heavy (non-hydrogen) atoms. The number of halogens is 2. The molecular weight excluding hydrogens is 382 g/mol. The SMILES string of the molecule is CCOC(=O)c1c(O)c2c(Br)cc(Br)cc2[nH]c1=O. The van der Waals surface area contributed by atoms with Crippen molar-refractivity contribution in [3.05, 3.63) is 37.0 Å². The molecule has 2 rings (SSSR count). The second-order valence-electron chi connectivity index (χ2n) is 3.71. The van der Waals surface area contributed by atoms with Gasteiger partial charge in [-0.25, -0.2) is 4.79 Å². The summed E-state index contributed by atoms with van der Waals surface area (Å²) < 4.78 is 6.04. The van der Waals surface area contributed by atoms with Gasteiger partial charge in [0.1, 0.15) is 5.75 Å². The zero-order valence-electron chi connectivity index (χ0n) is 9.79. The Labute approximate surface area is 124 Å². The van der Waals surface area contributed by atoms with Crippen molar-refractivity contribution in [2.24, 2.45) is 0 Å². The third-order valence-electron chi connectivity index (χ3n) is 2.48. The van der Waals surface area contributed by atoms with Crippen LogP contribution in [0.2, 0.25) is 0 Å². The molecule has 2 aromatic rings. The second-order valence-corrected chi connectivity index (χ2v) is 5.48. The molecule has 1 aromatic carbocycles. The Kier molecular flexibility index (Phi) is 3.96. The van der Waals surface area contributed by atoms with E-state index in [0.29, 0.717) is 15.4 Å². The Morgan fingerprint density at radius 1 is 1.42 bits per heavy atom. The minimum Gasteiger partial charge on any atom is -0.506 e. The minimum absolute atomic E-state index is 0.122. The molecule has 0 bridgehead atoms. The van der Waals surface area contributed by atoms with Gasteiger partial charge in [-0.15, -0.1) is 0 Å². The van der Waals surface area contributed by atoms with E-state index in [1.54, 1.807) is 19.1 Å². The molecule has 5 nitrogen and oxygen atoms in total. The van der Waals surface area contributed by atoms with Crippen LogP contribution < -0.4 is 5.56 Å². The van der Waals surface area contributed by atoms with Gasteiger partial charge >= 0.3 is 5.97 Å². The lowest BCUT2D eigenvalue weighted by atomic mass is 10.1. The van der Waals surface area contributed by atoms with E-state index in [0.717, 1.165) is 4.47 Å². The van der Waals surface area contributed by atoms with E-state index >= 15 is 0 Å². The molecule has 1 heterocycles. The fraction of sp³-hybridized carbons (Fsp3) is 0.167. The number of carbonyl (C=O) groups is 1. The fourth-order valence-corrected chi connectivity index (χ4v) is 3.14. The number of pyridine rings is 1. The van der Waals surface area contributed by atoms with Crippen molar-refractivity contribution in [1.29, 1.82) is 0 Å². The first-order chi connectivity index (χ1) is 8.95. The molecule has 0 saturated heterocycles. The zero-order valence-corrected chi connectivity index (χ0v) is 13.0. The van der Waals surface area contributed by atoms with E-state index in [4.69, 9.17) is 4.74 Å². The number of ether oxygens (including phenoxy) is 1. The van der Waals surface area contributed by atoms with Crippen LogP contribution in [0.5, 0.6) is 5.75 Å². The van der Waals surface area contributed by atoms with E-state index in [2.05, 4.69) is 36.8 Å². The van der Waals surface area contributed by atoms with Crippen molar-refractivity contribution in [2.45, 2.75) is 6.92 Å². The van der Waals surface area contributed by atoms with Crippen molar-refractivity contribution in [3.63, 3.8) is 0 Å². The van der Waals surface area contributed by atoms with Crippen molar-refractivity contribution in [1.82, 2.24) is 4.98 Å². The average Bonchev–Trinajstić information content (AvgIpc) is 2.27. The molecule has 100 valence electrons. The number of benzene rings is 1. The van der Waals surface area contributed by atoms with Crippen molar-refractivity contribution in [3.8, 4) is 5.75 Å². The molecular formula is C12H9Br2NO4. The van der Waals surface area contributed by atoms with Crippen molar-refractivity contribution in [2.75, 3.05) is 6.61 Å². The Balaban J connectivity index is 2.82.